The van der Waals surface area contributed by atoms with E-state index in [9.17, 15) is 31.1 Å². The molecule has 0 bridgehead atoms. The van der Waals surface area contributed by atoms with Crippen LogP contribution in [0.5, 0.6) is 5.75 Å². The van der Waals surface area contributed by atoms with Gasteiger partial charge in [0.05, 0.1) is 21.1 Å². The number of halogens is 7. The second-order valence-electron chi connectivity index (χ2n) is 6.43. The van der Waals surface area contributed by atoms with Crippen molar-refractivity contribution in [3.8, 4) is 5.75 Å². The highest BCUT2D eigenvalue weighted by Crippen LogP contribution is 2.38. The molecular formula is C20H13ClF6N2O2S. The van der Waals surface area contributed by atoms with Gasteiger partial charge in [-0.15, -0.1) is 0 Å². The number of rotatable bonds is 4. The lowest BCUT2D eigenvalue weighted by Crippen LogP contribution is -2.16. The van der Waals surface area contributed by atoms with Gasteiger partial charge in [-0.1, -0.05) is 17.7 Å². The second-order valence-corrected chi connectivity index (χ2v) is 7.83. The maximum atomic E-state index is 13.3. The Morgan fingerprint density at radius 2 is 1.81 bits per heavy atom. The minimum Gasteiger partial charge on any atom is -0.489 e. The number of carbonyl (C=O) groups is 1. The lowest BCUT2D eigenvalue weighted by molar-refractivity contribution is -0.143. The van der Waals surface area contributed by atoms with Gasteiger partial charge in [0, 0.05) is 12.6 Å². The van der Waals surface area contributed by atoms with Gasteiger partial charge in [-0.3, -0.25) is 4.79 Å². The monoisotopic (exact) mass is 494 g/mol. The third kappa shape index (κ3) is 5.57. The van der Waals surface area contributed by atoms with Crippen molar-refractivity contribution in [3.05, 3.63) is 68.6 Å². The maximum absolute atomic E-state index is 13.3. The van der Waals surface area contributed by atoms with Crippen molar-refractivity contribution in [2.24, 2.45) is 4.99 Å². The van der Waals surface area contributed by atoms with Crippen LogP contribution in [0.3, 0.4) is 0 Å². The molecule has 1 N–H and O–H groups in total. The lowest BCUT2D eigenvalue weighted by Gasteiger charge is -2.16. The first kappa shape index (κ1) is 24.0. The van der Waals surface area contributed by atoms with Crippen LogP contribution in [-0.4, -0.2) is 18.1 Å². The number of carbonyl (C=O) groups excluding carboxylic acids is 1. The molecule has 0 spiro atoms. The molecule has 0 radical (unpaired) electrons. The van der Waals surface area contributed by atoms with Crippen LogP contribution in [-0.2, 0) is 19.0 Å². The van der Waals surface area contributed by atoms with E-state index in [2.05, 4.69) is 10.3 Å². The van der Waals surface area contributed by atoms with Crippen molar-refractivity contribution in [1.82, 2.24) is 5.32 Å². The topological polar surface area (TPSA) is 50.7 Å². The molecule has 1 amide bonds. The van der Waals surface area contributed by atoms with Crippen LogP contribution >= 0.6 is 23.4 Å². The van der Waals surface area contributed by atoms with Gasteiger partial charge in [-0.2, -0.15) is 31.3 Å². The van der Waals surface area contributed by atoms with Gasteiger partial charge < -0.3 is 10.1 Å². The smallest absolute Gasteiger partial charge is 0.416 e. The van der Waals surface area contributed by atoms with E-state index in [0.29, 0.717) is 22.4 Å². The normalized spacial score (nSPS) is 15.8. The quantitative estimate of drug-likeness (QED) is 0.476. The number of nitrogens with one attached hydrogen (secondary N) is 1. The third-order valence-electron chi connectivity index (χ3n) is 4.27. The molecule has 3 rings (SSSR count). The molecule has 2 aromatic rings. The zero-order valence-electron chi connectivity index (χ0n) is 16.1. The highest BCUT2D eigenvalue weighted by molar-refractivity contribution is 8.18. The van der Waals surface area contributed by atoms with E-state index in [4.69, 9.17) is 16.3 Å². The Morgan fingerprint density at radius 3 is 2.41 bits per heavy atom. The number of likely N-dealkylation sites (N-methyl/N-ethyl adjacent to an activating group) is 1. The minimum atomic E-state index is -4.99. The Balaban J connectivity index is 1.80. The number of aliphatic imine (C=N–C) groups is 1. The summed E-state index contributed by atoms with van der Waals surface area (Å²) in [6.45, 7) is -0.620. The maximum Gasteiger partial charge on any atom is 0.416 e. The van der Waals surface area contributed by atoms with E-state index >= 15 is 0 Å². The van der Waals surface area contributed by atoms with E-state index in [1.807, 2.05) is 0 Å². The van der Waals surface area contributed by atoms with Gasteiger partial charge in [-0.05, 0) is 53.7 Å². The van der Waals surface area contributed by atoms with E-state index in [0.717, 1.165) is 17.8 Å². The van der Waals surface area contributed by atoms with Crippen LogP contribution in [0.4, 0.5) is 31.1 Å². The van der Waals surface area contributed by atoms with Crippen LogP contribution in [0.1, 0.15) is 22.3 Å². The van der Waals surface area contributed by atoms with Crippen molar-refractivity contribution in [1.29, 1.82) is 0 Å². The average Bonchev–Trinajstić information content (AvgIpc) is 3.06. The van der Waals surface area contributed by atoms with Crippen LogP contribution in [0.2, 0.25) is 5.02 Å². The Kier molecular flexibility index (Phi) is 6.80. The first-order valence-electron chi connectivity index (χ1n) is 8.78. The number of alkyl halides is 6. The van der Waals surface area contributed by atoms with E-state index in [1.165, 1.54) is 18.2 Å². The number of hydrogen-bond donors (Lipinski definition) is 1. The van der Waals surface area contributed by atoms with Gasteiger partial charge >= 0.3 is 17.6 Å². The lowest BCUT2D eigenvalue weighted by atomic mass is 10.0. The van der Waals surface area contributed by atoms with E-state index < -0.39 is 40.9 Å². The molecule has 32 heavy (non-hydrogen) atoms. The Morgan fingerprint density at radius 1 is 1.09 bits per heavy atom. The summed E-state index contributed by atoms with van der Waals surface area (Å²) < 4.78 is 83.4. The third-order valence-corrected chi connectivity index (χ3v) is 5.39. The summed E-state index contributed by atoms with van der Waals surface area (Å²) in [4.78, 5) is 15.8. The fraction of sp³-hybridized carbons (Fsp3) is 0.200. The van der Waals surface area contributed by atoms with Crippen molar-refractivity contribution < 1.29 is 35.9 Å². The Labute approximate surface area is 187 Å². The van der Waals surface area contributed by atoms with E-state index in [-0.39, 0.29) is 16.8 Å². The summed E-state index contributed by atoms with van der Waals surface area (Å²) in [5.74, 6) is 0.487. The molecule has 1 aliphatic heterocycles. The zero-order chi connectivity index (χ0) is 23.7. The van der Waals surface area contributed by atoms with Crippen LogP contribution < -0.4 is 10.1 Å². The van der Waals surface area contributed by atoms with Gasteiger partial charge in [0.2, 0.25) is 0 Å². The fourth-order valence-electron chi connectivity index (χ4n) is 2.75. The standard InChI is InChI=1S/C20H13ClF6N2O2S/c1-28-17-16(32-18(30)29-17)6-10-3-5-13(8-15(10)21)31-9-11-2-4-12(19(22,23)24)7-14(11)20(25,26)27/h2-8H,9H2,1H3,(H,28,29,30). The van der Waals surface area contributed by atoms with Crippen molar-refractivity contribution in [3.63, 3.8) is 0 Å². The molecule has 4 nitrogen and oxygen atoms in total. The number of ether oxygens (including phenoxy) is 1. The van der Waals surface area contributed by atoms with Crippen LogP contribution in [0.25, 0.3) is 6.08 Å². The van der Waals surface area contributed by atoms with Gasteiger partial charge in [0.1, 0.15) is 18.2 Å². The number of nitrogens with zero attached hydrogens (tertiary/aromatic N) is 1. The number of amides is 1. The predicted molar refractivity (Wildman–Crippen MR) is 110 cm³/mol. The van der Waals surface area contributed by atoms with Gasteiger partial charge in [-0.25, -0.2) is 0 Å². The summed E-state index contributed by atoms with van der Waals surface area (Å²) in [7, 11) is 1.60. The molecule has 12 heteroatoms. The summed E-state index contributed by atoms with van der Waals surface area (Å²) >= 11 is 7.11. The number of thioether (sulfide) groups is 1. The Hall–Kier alpha value is -2.66. The first-order chi connectivity index (χ1) is 14.9. The molecule has 1 heterocycles. The number of amidine groups is 1. The molecule has 0 saturated heterocycles. The second kappa shape index (κ2) is 9.07. The largest absolute Gasteiger partial charge is 0.489 e. The molecular weight excluding hydrogens is 482 g/mol. The summed E-state index contributed by atoms with van der Waals surface area (Å²) in [6, 6.07) is 5.67. The predicted octanol–water partition coefficient (Wildman–Crippen LogP) is 6.78. The van der Waals surface area contributed by atoms with Gasteiger partial charge in [0.25, 0.3) is 0 Å². The molecule has 0 aliphatic carbocycles. The molecule has 0 aromatic heterocycles. The molecule has 0 atom stereocenters. The summed E-state index contributed by atoms with van der Waals surface area (Å²) in [5.41, 5.74) is -2.78. The fourth-order valence-corrected chi connectivity index (χ4v) is 3.73. The summed E-state index contributed by atoms with van der Waals surface area (Å²) in [6.07, 6.45) is -8.29. The van der Waals surface area contributed by atoms with Crippen molar-refractivity contribution >= 4 is 40.5 Å². The first-order valence-corrected chi connectivity index (χ1v) is 9.98. The van der Waals surface area contributed by atoms with E-state index in [1.54, 1.807) is 13.1 Å². The minimum absolute atomic E-state index is 0.0580. The number of hydrogen-bond acceptors (Lipinski definition) is 4. The average molecular weight is 495 g/mol. The molecule has 1 aliphatic rings. The number of benzene rings is 2. The molecule has 2 aromatic carbocycles. The Bertz CT molecular complexity index is 1110. The molecule has 170 valence electrons. The van der Waals surface area contributed by atoms with Crippen LogP contribution in [0.15, 0.2) is 46.3 Å². The molecule has 0 unspecified atom stereocenters. The molecule has 0 saturated carbocycles. The van der Waals surface area contributed by atoms with Crippen LogP contribution in [0, 0.1) is 0 Å². The van der Waals surface area contributed by atoms with Crippen molar-refractivity contribution in [2.75, 3.05) is 7.05 Å². The SMILES string of the molecule is CNC1=NC(=O)SC1=Cc1ccc(OCc2ccc(C(F)(F)F)cc2C(F)(F)F)cc1Cl. The zero-order valence-corrected chi connectivity index (χ0v) is 17.6. The highest BCUT2D eigenvalue weighted by atomic mass is 35.5. The van der Waals surface area contributed by atoms with Gasteiger partial charge in [0.15, 0.2) is 0 Å². The summed E-state index contributed by atoms with van der Waals surface area (Å²) in [5, 5.41) is 2.57. The van der Waals surface area contributed by atoms with Crippen molar-refractivity contribution in [2.45, 2.75) is 19.0 Å². The molecule has 0 fully saturated rings. The highest BCUT2D eigenvalue weighted by Gasteiger charge is 2.38.